The van der Waals surface area contributed by atoms with Gasteiger partial charge in [0.15, 0.2) is 5.16 Å². The minimum Gasteiger partial charge on any atom is -0.322 e. The lowest BCUT2D eigenvalue weighted by molar-refractivity contribution is 0.817. The molecule has 0 aromatic carbocycles. The van der Waals surface area contributed by atoms with Gasteiger partial charge in [-0.3, -0.25) is 4.98 Å². The maximum atomic E-state index is 4.39. The van der Waals surface area contributed by atoms with Crippen LogP contribution in [-0.2, 0) is 7.05 Å². The molecule has 0 bridgehead atoms. The molecule has 0 aliphatic carbocycles. The Morgan fingerprint density at radius 1 is 1.50 bits per heavy atom. The van der Waals surface area contributed by atoms with Crippen molar-refractivity contribution < 1.29 is 0 Å². The molecule has 0 aliphatic heterocycles. The lowest BCUT2D eigenvalue weighted by Crippen LogP contribution is -1.88. The Labute approximate surface area is 74.8 Å². The largest absolute Gasteiger partial charge is 0.322 e. The van der Waals surface area contributed by atoms with E-state index in [0.717, 1.165) is 16.2 Å². The molecule has 0 spiro atoms. The highest BCUT2D eigenvalue weighted by molar-refractivity contribution is 7.98. The first-order valence-electron chi connectivity index (χ1n) is 3.63. The van der Waals surface area contributed by atoms with Crippen LogP contribution in [0, 0.1) is 0 Å². The summed E-state index contributed by atoms with van der Waals surface area (Å²) >= 11 is 1.65. The van der Waals surface area contributed by atoms with Crippen LogP contribution in [-0.4, -0.2) is 20.8 Å². The summed E-state index contributed by atoms with van der Waals surface area (Å²) < 4.78 is 2.07. The molecule has 0 amide bonds. The zero-order chi connectivity index (χ0) is 8.55. The number of hydrogen-bond acceptors (Lipinski definition) is 3. The maximum Gasteiger partial charge on any atom is 0.168 e. The minimum atomic E-state index is 0.962. The van der Waals surface area contributed by atoms with Gasteiger partial charge >= 0.3 is 0 Å². The molecular formula is C8H9N3S. The predicted molar refractivity (Wildman–Crippen MR) is 50.3 cm³/mol. The highest BCUT2D eigenvalue weighted by Crippen LogP contribution is 2.19. The van der Waals surface area contributed by atoms with Gasteiger partial charge in [0.2, 0.25) is 0 Å². The zero-order valence-electron chi connectivity index (χ0n) is 6.98. The number of aryl methyl sites for hydroxylation is 1. The van der Waals surface area contributed by atoms with Gasteiger partial charge in [0, 0.05) is 13.2 Å². The van der Waals surface area contributed by atoms with E-state index in [1.165, 1.54) is 0 Å². The van der Waals surface area contributed by atoms with Crippen molar-refractivity contribution in [2.75, 3.05) is 6.26 Å². The Hall–Kier alpha value is -1.03. The zero-order valence-corrected chi connectivity index (χ0v) is 7.80. The summed E-state index contributed by atoms with van der Waals surface area (Å²) in [4.78, 5) is 8.41. The fraction of sp³-hybridized carbons (Fsp3) is 0.250. The van der Waals surface area contributed by atoms with E-state index in [1.54, 1.807) is 24.2 Å². The second-order valence-corrected chi connectivity index (χ2v) is 3.30. The lowest BCUT2D eigenvalue weighted by Gasteiger charge is -1.95. The summed E-state index contributed by atoms with van der Waals surface area (Å²) in [5.41, 5.74) is 2.10. The van der Waals surface area contributed by atoms with Crippen LogP contribution < -0.4 is 0 Å². The van der Waals surface area contributed by atoms with Crippen LogP contribution in [0.25, 0.3) is 11.0 Å². The Morgan fingerprint density at radius 2 is 2.33 bits per heavy atom. The molecule has 4 heteroatoms. The average Bonchev–Trinajstić information content (AvgIpc) is 2.44. The van der Waals surface area contributed by atoms with Gasteiger partial charge in [-0.25, -0.2) is 4.98 Å². The molecule has 0 N–H and O–H groups in total. The summed E-state index contributed by atoms with van der Waals surface area (Å²) in [5.74, 6) is 0. The Kier molecular flexibility index (Phi) is 1.77. The molecule has 0 saturated heterocycles. The van der Waals surface area contributed by atoms with Crippen molar-refractivity contribution in [1.29, 1.82) is 0 Å². The van der Waals surface area contributed by atoms with E-state index in [-0.39, 0.29) is 0 Å². The second kappa shape index (κ2) is 2.79. The number of rotatable bonds is 1. The van der Waals surface area contributed by atoms with E-state index in [0.29, 0.717) is 0 Å². The van der Waals surface area contributed by atoms with E-state index < -0.39 is 0 Å². The number of nitrogens with zero attached hydrogens (tertiary/aromatic N) is 3. The fourth-order valence-electron chi connectivity index (χ4n) is 1.21. The standard InChI is InChI=1S/C8H9N3S/c1-11-7-3-4-9-5-6(7)10-8(11)12-2/h3-5H,1-2H3. The predicted octanol–water partition coefficient (Wildman–Crippen LogP) is 1.69. The fourth-order valence-corrected chi connectivity index (χ4v) is 1.77. The van der Waals surface area contributed by atoms with Gasteiger partial charge in [-0.2, -0.15) is 0 Å². The number of pyridine rings is 1. The number of thioether (sulfide) groups is 1. The van der Waals surface area contributed by atoms with Gasteiger partial charge in [0.1, 0.15) is 5.52 Å². The van der Waals surface area contributed by atoms with Gasteiger partial charge in [-0.1, -0.05) is 11.8 Å². The highest BCUT2D eigenvalue weighted by Gasteiger charge is 2.04. The molecule has 12 heavy (non-hydrogen) atoms. The van der Waals surface area contributed by atoms with Crippen molar-refractivity contribution in [3.63, 3.8) is 0 Å². The second-order valence-electron chi connectivity index (χ2n) is 2.52. The number of hydrogen-bond donors (Lipinski definition) is 0. The van der Waals surface area contributed by atoms with Crippen LogP contribution in [0.15, 0.2) is 23.6 Å². The summed E-state index contributed by atoms with van der Waals surface area (Å²) in [6.45, 7) is 0. The normalized spacial score (nSPS) is 10.8. The third kappa shape index (κ3) is 0.992. The van der Waals surface area contributed by atoms with Crippen molar-refractivity contribution in [1.82, 2.24) is 14.5 Å². The molecule has 2 aromatic heterocycles. The highest BCUT2D eigenvalue weighted by atomic mass is 32.2. The van der Waals surface area contributed by atoms with E-state index in [2.05, 4.69) is 14.5 Å². The molecule has 0 saturated carbocycles. The molecule has 2 heterocycles. The molecule has 2 aromatic rings. The van der Waals surface area contributed by atoms with Gasteiger partial charge in [0.05, 0.1) is 11.7 Å². The topological polar surface area (TPSA) is 30.7 Å². The van der Waals surface area contributed by atoms with Crippen molar-refractivity contribution in [2.24, 2.45) is 7.05 Å². The SMILES string of the molecule is CSc1nc2cnccc2n1C. The Morgan fingerprint density at radius 3 is 3.00 bits per heavy atom. The van der Waals surface area contributed by atoms with Crippen LogP contribution >= 0.6 is 11.8 Å². The average molecular weight is 179 g/mol. The number of fused-ring (bicyclic) bond motifs is 1. The molecule has 3 nitrogen and oxygen atoms in total. The van der Waals surface area contributed by atoms with Crippen LogP contribution in [0.3, 0.4) is 0 Å². The first-order chi connectivity index (χ1) is 5.83. The Balaban J connectivity index is 2.78. The monoisotopic (exact) mass is 179 g/mol. The van der Waals surface area contributed by atoms with E-state index in [1.807, 2.05) is 19.4 Å². The van der Waals surface area contributed by atoms with Crippen molar-refractivity contribution >= 4 is 22.8 Å². The van der Waals surface area contributed by atoms with Gasteiger partial charge in [-0.15, -0.1) is 0 Å². The lowest BCUT2D eigenvalue weighted by atomic mass is 10.4. The van der Waals surface area contributed by atoms with Crippen LogP contribution in [0.5, 0.6) is 0 Å². The summed E-state index contributed by atoms with van der Waals surface area (Å²) in [6.07, 6.45) is 5.60. The molecule has 0 fully saturated rings. The molecule has 0 radical (unpaired) electrons. The smallest absolute Gasteiger partial charge is 0.168 e. The Bertz CT molecular complexity index is 408. The van der Waals surface area contributed by atoms with Crippen LogP contribution in [0.2, 0.25) is 0 Å². The molecule has 0 atom stereocenters. The molecule has 2 rings (SSSR count). The number of imidazole rings is 1. The van der Waals surface area contributed by atoms with Crippen molar-refractivity contribution in [3.8, 4) is 0 Å². The first-order valence-corrected chi connectivity index (χ1v) is 4.86. The van der Waals surface area contributed by atoms with E-state index in [4.69, 9.17) is 0 Å². The van der Waals surface area contributed by atoms with Gasteiger partial charge in [-0.05, 0) is 12.3 Å². The van der Waals surface area contributed by atoms with Crippen molar-refractivity contribution in [3.05, 3.63) is 18.5 Å². The minimum absolute atomic E-state index is 0.962. The van der Waals surface area contributed by atoms with E-state index in [9.17, 15) is 0 Å². The molecular weight excluding hydrogens is 170 g/mol. The van der Waals surface area contributed by atoms with E-state index >= 15 is 0 Å². The molecule has 0 unspecified atom stereocenters. The molecule has 0 aliphatic rings. The third-order valence-electron chi connectivity index (χ3n) is 1.82. The van der Waals surface area contributed by atoms with Crippen LogP contribution in [0.4, 0.5) is 0 Å². The van der Waals surface area contributed by atoms with Crippen LogP contribution in [0.1, 0.15) is 0 Å². The van der Waals surface area contributed by atoms with Crippen molar-refractivity contribution in [2.45, 2.75) is 5.16 Å². The first kappa shape index (κ1) is 7.61. The summed E-state index contributed by atoms with van der Waals surface area (Å²) in [5, 5.41) is 1.03. The number of aromatic nitrogens is 3. The third-order valence-corrected chi connectivity index (χ3v) is 2.55. The molecule has 62 valence electrons. The van der Waals surface area contributed by atoms with Gasteiger partial charge < -0.3 is 4.57 Å². The van der Waals surface area contributed by atoms with Gasteiger partial charge in [0.25, 0.3) is 0 Å². The maximum absolute atomic E-state index is 4.39. The summed E-state index contributed by atoms with van der Waals surface area (Å²) in [6, 6.07) is 1.97. The summed E-state index contributed by atoms with van der Waals surface area (Å²) in [7, 11) is 2.02. The quantitative estimate of drug-likeness (QED) is 0.624.